The van der Waals surface area contributed by atoms with Gasteiger partial charge in [0.15, 0.2) is 0 Å². The molecular formula is C30H35F3FeN5O3+2. The van der Waals surface area contributed by atoms with E-state index >= 15 is 0 Å². The van der Waals surface area contributed by atoms with Crippen molar-refractivity contribution in [2.24, 2.45) is 4.99 Å². The van der Waals surface area contributed by atoms with Crippen LogP contribution in [0.25, 0.3) is 0 Å². The predicted octanol–water partition coefficient (Wildman–Crippen LogP) is 5.93. The molecule has 1 fully saturated rings. The fourth-order valence-electron chi connectivity index (χ4n) is 5.22. The number of aliphatic imine (C=N–C) groups is 1. The van der Waals surface area contributed by atoms with E-state index in [2.05, 4.69) is 15.0 Å². The van der Waals surface area contributed by atoms with E-state index in [-0.39, 0.29) is 61.3 Å². The van der Waals surface area contributed by atoms with Crippen LogP contribution in [0.4, 0.5) is 18.9 Å². The molecule has 2 aromatic heterocycles. The number of carboxylic acids is 1. The Morgan fingerprint density at radius 1 is 0.857 bits per heavy atom. The van der Waals surface area contributed by atoms with Gasteiger partial charge in [0.05, 0.1) is 35.7 Å². The van der Waals surface area contributed by atoms with Gasteiger partial charge in [-0.3, -0.25) is 24.6 Å². The summed E-state index contributed by atoms with van der Waals surface area (Å²) in [5, 5.41) is 20.6. The van der Waals surface area contributed by atoms with Crippen LogP contribution in [0, 0.1) is 7.43 Å². The Bertz CT molecular complexity index is 1280. The minimum Gasteiger partial charge on any atom is -0.495 e. The summed E-state index contributed by atoms with van der Waals surface area (Å²) >= 11 is 0. The van der Waals surface area contributed by atoms with Crippen molar-refractivity contribution >= 4 is 17.6 Å². The maximum absolute atomic E-state index is 13.2. The normalized spacial score (nSPS) is 17.4. The molecule has 2 heterocycles. The van der Waals surface area contributed by atoms with Crippen molar-refractivity contribution < 1.29 is 45.2 Å². The van der Waals surface area contributed by atoms with E-state index < -0.39 is 17.7 Å². The van der Waals surface area contributed by atoms with Gasteiger partial charge in [0.1, 0.15) is 0 Å². The SMILES string of the molecule is O=C(O)CN(Cc1ccccn1)[C@H]1CCCCC1N(CC(O)=Nc1cccc(C(F)(F)F)c1)Cc1ccccn1.[CH3-].[Fe+3]. The molecule has 0 saturated heterocycles. The van der Waals surface area contributed by atoms with E-state index in [4.69, 9.17) is 0 Å². The average Bonchev–Trinajstić information content (AvgIpc) is 2.93. The van der Waals surface area contributed by atoms with Crippen LogP contribution < -0.4 is 0 Å². The largest absolute Gasteiger partial charge is 3.00 e. The number of rotatable bonds is 11. The van der Waals surface area contributed by atoms with E-state index in [9.17, 15) is 28.2 Å². The van der Waals surface area contributed by atoms with Crippen LogP contribution in [0.1, 0.15) is 42.6 Å². The van der Waals surface area contributed by atoms with Crippen molar-refractivity contribution in [3.8, 4) is 0 Å². The fourth-order valence-corrected chi connectivity index (χ4v) is 5.22. The minimum absolute atomic E-state index is 0. The summed E-state index contributed by atoms with van der Waals surface area (Å²) in [5.74, 6) is -1.29. The number of pyridine rings is 2. The molecule has 42 heavy (non-hydrogen) atoms. The van der Waals surface area contributed by atoms with Gasteiger partial charge in [-0.2, -0.15) is 13.2 Å². The molecule has 12 heteroatoms. The second kappa shape index (κ2) is 16.4. The summed E-state index contributed by atoms with van der Waals surface area (Å²) in [6.07, 6.45) is 2.13. The van der Waals surface area contributed by atoms with Crippen molar-refractivity contribution in [2.75, 3.05) is 13.1 Å². The third-order valence-electron chi connectivity index (χ3n) is 6.93. The van der Waals surface area contributed by atoms with Crippen LogP contribution in [0.5, 0.6) is 0 Å². The molecular weight excluding hydrogens is 591 g/mol. The van der Waals surface area contributed by atoms with Gasteiger partial charge in [-0.1, -0.05) is 31.0 Å². The Morgan fingerprint density at radius 2 is 1.40 bits per heavy atom. The van der Waals surface area contributed by atoms with Gasteiger partial charge in [0.25, 0.3) is 0 Å². The van der Waals surface area contributed by atoms with Crippen LogP contribution in [-0.4, -0.2) is 67.0 Å². The predicted molar refractivity (Wildman–Crippen MR) is 151 cm³/mol. The summed E-state index contributed by atoms with van der Waals surface area (Å²) < 4.78 is 39.6. The Kier molecular flexibility index (Phi) is 13.6. The summed E-state index contributed by atoms with van der Waals surface area (Å²) in [5.41, 5.74) is 0.637. The van der Waals surface area contributed by atoms with E-state index in [1.807, 2.05) is 34.1 Å². The molecule has 225 valence electrons. The Labute approximate surface area is 254 Å². The third kappa shape index (κ3) is 10.2. The number of aliphatic hydroxyl groups excluding tert-OH is 1. The maximum Gasteiger partial charge on any atom is 3.00 e. The minimum atomic E-state index is -4.53. The van der Waals surface area contributed by atoms with Crippen LogP contribution in [0.2, 0.25) is 0 Å². The molecule has 0 aliphatic heterocycles. The smallest absolute Gasteiger partial charge is 0.495 e. The zero-order chi connectivity index (χ0) is 28.5. The Balaban J connectivity index is 0.00000308. The number of carboxylic acid groups (broad SMARTS) is 1. The third-order valence-corrected chi connectivity index (χ3v) is 6.93. The van der Waals surface area contributed by atoms with Crippen LogP contribution in [-0.2, 0) is 41.1 Å². The van der Waals surface area contributed by atoms with Gasteiger partial charge in [0, 0.05) is 37.6 Å². The first-order valence-electron chi connectivity index (χ1n) is 13.1. The maximum atomic E-state index is 13.2. The molecule has 2 atom stereocenters. The van der Waals surface area contributed by atoms with E-state index in [0.29, 0.717) is 13.1 Å². The summed E-state index contributed by atoms with van der Waals surface area (Å²) in [6, 6.07) is 15.2. The molecule has 1 saturated carbocycles. The second-order valence-electron chi connectivity index (χ2n) is 9.84. The van der Waals surface area contributed by atoms with Crippen molar-refractivity contribution in [3.63, 3.8) is 0 Å². The van der Waals surface area contributed by atoms with Gasteiger partial charge >= 0.3 is 29.2 Å². The fraction of sp³-hybridized carbons (Fsp3) is 0.367. The number of hydrogen-bond acceptors (Lipinski definition) is 6. The number of aliphatic carboxylic acids is 1. The second-order valence-corrected chi connectivity index (χ2v) is 9.84. The molecule has 1 aromatic carbocycles. The van der Waals surface area contributed by atoms with Crippen molar-refractivity contribution in [2.45, 2.75) is 57.0 Å². The molecule has 2 N–H and O–H groups in total. The number of nitrogens with zero attached hydrogens (tertiary/aromatic N) is 5. The molecule has 8 nitrogen and oxygen atoms in total. The zero-order valence-electron chi connectivity index (χ0n) is 23.3. The van der Waals surface area contributed by atoms with Crippen LogP contribution in [0.3, 0.4) is 0 Å². The molecule has 0 amide bonds. The monoisotopic (exact) mass is 626 g/mol. The topological polar surface area (TPSA) is 102 Å². The van der Waals surface area contributed by atoms with Crippen molar-refractivity contribution in [1.82, 2.24) is 19.8 Å². The van der Waals surface area contributed by atoms with E-state index in [1.54, 1.807) is 24.5 Å². The number of carbonyl (C=O) groups is 1. The van der Waals surface area contributed by atoms with Crippen molar-refractivity contribution in [3.05, 3.63) is 97.4 Å². The molecule has 1 radical (unpaired) electrons. The van der Waals surface area contributed by atoms with E-state index in [1.165, 1.54) is 12.1 Å². The quantitative estimate of drug-likeness (QED) is 0.118. The first kappa shape index (κ1) is 34.9. The van der Waals surface area contributed by atoms with Gasteiger partial charge < -0.3 is 17.6 Å². The molecule has 0 bridgehead atoms. The van der Waals surface area contributed by atoms with Gasteiger partial charge in [-0.05, 0) is 55.3 Å². The number of hydrogen-bond donors (Lipinski definition) is 2. The Morgan fingerprint density at radius 3 is 1.88 bits per heavy atom. The summed E-state index contributed by atoms with van der Waals surface area (Å²) in [4.78, 5) is 28.7. The van der Waals surface area contributed by atoms with Gasteiger partial charge in [-0.15, -0.1) is 0 Å². The number of aromatic nitrogens is 2. The molecule has 0 spiro atoms. The molecule has 1 unspecified atom stereocenters. The van der Waals surface area contributed by atoms with Crippen molar-refractivity contribution in [1.29, 1.82) is 0 Å². The first-order valence-corrected chi connectivity index (χ1v) is 13.1. The molecule has 1 aliphatic carbocycles. The van der Waals surface area contributed by atoms with Gasteiger partial charge in [0.2, 0.25) is 5.90 Å². The summed E-state index contributed by atoms with van der Waals surface area (Å²) in [6.45, 7) is 0.461. The van der Waals surface area contributed by atoms with Gasteiger partial charge in [-0.25, -0.2) is 4.99 Å². The van der Waals surface area contributed by atoms with Crippen LogP contribution >= 0.6 is 0 Å². The molecule has 1 aliphatic rings. The summed E-state index contributed by atoms with van der Waals surface area (Å²) in [7, 11) is 0. The number of alkyl halides is 3. The van der Waals surface area contributed by atoms with Crippen LogP contribution in [0.15, 0.2) is 78.0 Å². The molecule has 3 aromatic rings. The number of benzene rings is 1. The van der Waals surface area contributed by atoms with E-state index in [0.717, 1.165) is 49.2 Å². The molecule has 4 rings (SSSR count). The number of aliphatic hydroxyl groups is 1. The zero-order valence-corrected chi connectivity index (χ0v) is 24.4. The standard InChI is InChI=1S/C29H32F3N5O3.CH3.Fe/c30-29(31,32)21-8-7-11-22(16-21)35-27(38)19-36(17-23-9-3-5-14-33-23)25-12-1-2-13-26(25)37(20-28(39)40)18-24-10-4-6-15-34-24;;/h3-11,14-16,25-26H,1-2,12-13,17-20H2,(H,35,38)(H,39,40);1H3;/q;-1;+3/t25?,26-;;/m0../s1. The Hall–Kier alpha value is -3.31. The average molecular weight is 626 g/mol. The first-order chi connectivity index (χ1) is 19.2. The number of halogens is 3.